The van der Waals surface area contributed by atoms with Crippen LogP contribution in [0.15, 0.2) is 224 Å². The van der Waals surface area contributed by atoms with Crippen LogP contribution in [0.3, 0.4) is 0 Å². The zero-order valence-electron chi connectivity index (χ0n) is 68.5. The second-order valence-electron chi connectivity index (χ2n) is 30.1. The van der Waals surface area contributed by atoms with Crippen molar-refractivity contribution < 1.29 is 103 Å². The van der Waals surface area contributed by atoms with Crippen molar-refractivity contribution in [2.75, 3.05) is 31.3 Å². The molecule has 13 rings (SSSR count). The number of carbonyl (C=O) groups is 4. The van der Waals surface area contributed by atoms with Crippen LogP contribution in [-0.2, 0) is 92.0 Å². The normalized spacial score (nSPS) is 17.3. The van der Waals surface area contributed by atoms with E-state index < -0.39 is 107 Å². The van der Waals surface area contributed by atoms with Gasteiger partial charge in [0, 0.05) is 84.1 Å². The largest absolute Gasteiger partial charge is 0.484 e. The van der Waals surface area contributed by atoms with Crippen molar-refractivity contribution >= 4 is 118 Å². The number of aryl methyl sites for hydroxylation is 1. The van der Waals surface area contributed by atoms with Crippen molar-refractivity contribution in [1.82, 2.24) is 9.97 Å². The molecule has 0 bridgehead atoms. The summed E-state index contributed by atoms with van der Waals surface area (Å²) >= 11 is 6.11. The number of ketones is 1. The number of hydrogen-bond donors (Lipinski definition) is 0. The minimum Gasteiger partial charge on any atom is -0.484 e. The lowest BCUT2D eigenvalue weighted by Crippen LogP contribution is -2.26. The average molecular weight is 1760 g/mol. The summed E-state index contributed by atoms with van der Waals surface area (Å²) in [5.41, 5.74) is 7.65. The third kappa shape index (κ3) is 22.2. The molecule has 120 heavy (non-hydrogen) atoms. The van der Waals surface area contributed by atoms with E-state index in [-0.39, 0.29) is 77.1 Å². The van der Waals surface area contributed by atoms with Gasteiger partial charge in [-0.25, -0.2) is 74.0 Å². The number of allylic oxidation sites excluding steroid dienone is 2. The van der Waals surface area contributed by atoms with Gasteiger partial charge in [0.2, 0.25) is 11.5 Å². The van der Waals surface area contributed by atoms with Crippen molar-refractivity contribution in [3.05, 3.63) is 267 Å². The standard InChI is InChI=1S/C20H18F2O4S.C18H15ClN2O2S.C18H14F2O3S.C17H22O5S.C16H20O5S/c1-4-20(2)18(12-5-8-14(9-6-12)27(3,24)25)17(19(23)26-20)13-7-10-15(21)16(22)11-13;1-12-3-4-14(10-20-12)18-17(9-15(19)11-21-18)13-5-7-16(8-6-13)24(2,22)23;1-24(22,23)15-4-2-11(3-5-15)16-6-7-17(21)18(16)12-8-13(19)10-14(20)9-12;1-6-17(4)14(15(16(18)22-17)21-11(2)3)12-7-9-13(10-8-12)23(5,19)20;1-10(2)20-14-13(16(3,4)21-15(14)17)11-6-8-12(9-7-11)22(5,18)19/h5-11H,4H2,1-3H3;3-11H,1-2H3;2-5,8-10H,6-7H2,1H3;7-11H,6H2,1-5H3;6-10H,1-5H3/t20-;;;17-;/m1..0./s1. The molecule has 31 heteroatoms. The first-order valence-electron chi connectivity index (χ1n) is 37.3. The van der Waals surface area contributed by atoms with Crippen molar-refractivity contribution in [1.29, 1.82) is 0 Å². The predicted octanol–water partition coefficient (Wildman–Crippen LogP) is 17.3. The molecule has 21 nitrogen and oxygen atoms in total. The van der Waals surface area contributed by atoms with E-state index in [1.54, 1.807) is 106 Å². The first-order chi connectivity index (χ1) is 55.8. The van der Waals surface area contributed by atoms with Crippen molar-refractivity contribution in [3.63, 3.8) is 0 Å². The Morgan fingerprint density at radius 1 is 0.408 bits per heavy atom. The molecule has 0 spiro atoms. The molecule has 9 aromatic rings. The maximum atomic E-state index is 13.7. The monoisotopic (exact) mass is 1760 g/mol. The number of Topliss-reactive ketones (excluding diaryl/α,β-unsaturated/α-hetero) is 1. The van der Waals surface area contributed by atoms with Crippen LogP contribution in [0.4, 0.5) is 17.6 Å². The number of aromatic nitrogens is 2. The minimum atomic E-state index is -3.37. The highest BCUT2D eigenvalue weighted by Crippen LogP contribution is 2.48. The van der Waals surface area contributed by atoms with E-state index in [4.69, 9.17) is 35.3 Å². The summed E-state index contributed by atoms with van der Waals surface area (Å²) in [5.74, 6) is -4.97. The Bertz CT molecular complexity index is 6220. The molecule has 3 aliphatic heterocycles. The van der Waals surface area contributed by atoms with E-state index in [1.807, 2.05) is 73.6 Å². The molecule has 0 saturated carbocycles. The zero-order valence-corrected chi connectivity index (χ0v) is 73.3. The van der Waals surface area contributed by atoms with Crippen molar-refractivity contribution in [3.8, 4) is 22.4 Å². The summed E-state index contributed by atoms with van der Waals surface area (Å²) in [7, 11) is -16.4. The lowest BCUT2D eigenvalue weighted by molar-refractivity contribution is -0.149. The highest BCUT2D eigenvalue weighted by atomic mass is 35.5. The second kappa shape index (κ2) is 36.7. The molecule has 7 aromatic carbocycles. The molecule has 0 unspecified atom stereocenters. The molecule has 0 saturated heterocycles. The number of ether oxygens (including phenoxy) is 5. The third-order valence-corrected chi connectivity index (χ3v) is 25.3. The van der Waals surface area contributed by atoms with Crippen molar-refractivity contribution in [2.24, 2.45) is 0 Å². The molecule has 1 aliphatic carbocycles. The number of carbonyl (C=O) groups excluding carboxylic acids is 4. The maximum Gasteiger partial charge on any atom is 0.374 e. The summed E-state index contributed by atoms with van der Waals surface area (Å²) < 4.78 is 198. The van der Waals surface area contributed by atoms with E-state index >= 15 is 0 Å². The van der Waals surface area contributed by atoms with E-state index in [2.05, 4.69) is 9.97 Å². The van der Waals surface area contributed by atoms with Gasteiger partial charge >= 0.3 is 17.9 Å². The van der Waals surface area contributed by atoms with Gasteiger partial charge in [-0.1, -0.05) is 92.2 Å². The quantitative estimate of drug-likeness (QED) is 0.0412. The van der Waals surface area contributed by atoms with Gasteiger partial charge in [0.25, 0.3) is 0 Å². The number of pyridine rings is 2. The molecule has 2 aromatic heterocycles. The van der Waals surface area contributed by atoms with Gasteiger partial charge in [-0.05, 0) is 229 Å². The SMILES string of the molecule is CC(C)OC1=C(c2ccc(S(C)(=O)=O)cc2)C(C)(C)OC1=O.CC[C@@]1(C)OC(=O)C(c2ccc(F)c(F)c2)=C1c1ccc(S(C)(=O)=O)cc1.CC[C@]1(C)OC(=O)C(OC(C)C)=C1c1ccc(S(C)(=O)=O)cc1.CS(=O)(=O)c1ccc(C2=C(c3cc(F)cc(F)c3)C(=O)CC2)cc1.Cc1ccc(-c2ncc(Cl)cc2-c2ccc(S(C)(=O)=O)cc2)cn1. The van der Waals surface area contributed by atoms with E-state index in [0.29, 0.717) is 68.8 Å². The number of esters is 3. The number of nitrogens with zero attached hydrogens (tertiary/aromatic N) is 2. The highest BCUT2D eigenvalue weighted by Gasteiger charge is 2.47. The van der Waals surface area contributed by atoms with E-state index in [0.717, 1.165) is 89.0 Å². The topological polar surface area (TPSA) is 311 Å². The molecule has 5 heterocycles. The number of sulfone groups is 5. The molecule has 2 atom stereocenters. The highest BCUT2D eigenvalue weighted by molar-refractivity contribution is 7.91. The average Bonchev–Trinajstić information content (AvgIpc) is 1.60. The van der Waals surface area contributed by atoms with Crippen LogP contribution in [0, 0.1) is 30.2 Å². The van der Waals surface area contributed by atoms with Gasteiger partial charge in [-0.15, -0.1) is 0 Å². The van der Waals surface area contributed by atoms with Crippen LogP contribution in [-0.4, -0.2) is 136 Å². The number of rotatable bonds is 19. The Balaban J connectivity index is 0.000000171. The number of benzene rings is 7. The fourth-order valence-corrected chi connectivity index (χ4v) is 16.7. The Kier molecular flexibility index (Phi) is 28.5. The Morgan fingerprint density at radius 2 is 0.792 bits per heavy atom. The molecule has 0 fully saturated rings. The van der Waals surface area contributed by atoms with Crippen LogP contribution in [0.5, 0.6) is 0 Å². The van der Waals surface area contributed by atoms with Crippen LogP contribution in [0.2, 0.25) is 5.02 Å². The zero-order chi connectivity index (χ0) is 88.9. The lowest BCUT2D eigenvalue weighted by atomic mass is 9.84. The van der Waals surface area contributed by atoms with Gasteiger partial charge in [-0.3, -0.25) is 14.8 Å². The predicted molar refractivity (Wildman–Crippen MR) is 451 cm³/mol. The van der Waals surface area contributed by atoms with Gasteiger partial charge in [0.1, 0.15) is 28.4 Å². The molecule has 0 amide bonds. The summed E-state index contributed by atoms with van der Waals surface area (Å²) in [5, 5.41) is 0.515. The third-order valence-electron chi connectivity index (χ3n) is 19.5. The smallest absolute Gasteiger partial charge is 0.374 e. The number of cyclic esters (lactones) is 3. The summed E-state index contributed by atoms with van der Waals surface area (Å²) in [6, 6.07) is 43.6. The van der Waals surface area contributed by atoms with Crippen LogP contribution < -0.4 is 0 Å². The van der Waals surface area contributed by atoms with Gasteiger partial charge < -0.3 is 23.7 Å². The second-order valence-corrected chi connectivity index (χ2v) is 40.6. The molecule has 634 valence electrons. The van der Waals surface area contributed by atoms with Gasteiger partial charge in [0.15, 0.2) is 66.6 Å². The number of hydrogen-bond acceptors (Lipinski definition) is 21. The van der Waals surface area contributed by atoms with E-state index in [1.165, 1.54) is 60.9 Å². The molecular weight excluding hydrogens is 1670 g/mol. The number of halogens is 5. The summed E-state index contributed by atoms with van der Waals surface area (Å²) in [4.78, 5) is 58.8. The van der Waals surface area contributed by atoms with Gasteiger partial charge in [-0.2, -0.15) is 0 Å². The minimum absolute atomic E-state index is 0.143. The maximum absolute atomic E-state index is 13.7. The van der Waals surface area contributed by atoms with E-state index in [9.17, 15) is 78.8 Å². The fourth-order valence-electron chi connectivity index (χ4n) is 13.4. The molecule has 0 radical (unpaired) electrons. The fraction of sp³-hybridized carbons (Fsp3) is 0.281. The summed E-state index contributed by atoms with van der Waals surface area (Å²) in [6.45, 7) is 20.2. The first-order valence-corrected chi connectivity index (χ1v) is 47.2. The Hall–Kier alpha value is -10.8. The Morgan fingerprint density at radius 3 is 1.21 bits per heavy atom. The first kappa shape index (κ1) is 93.1. The molecule has 0 N–H and O–H groups in total. The molecule has 4 aliphatic rings. The molecular formula is C89H89ClF4N2O19S5. The Labute approximate surface area is 701 Å². The lowest BCUT2D eigenvalue weighted by Gasteiger charge is -2.25. The van der Waals surface area contributed by atoms with Crippen LogP contribution in [0.25, 0.3) is 55.8 Å². The summed E-state index contributed by atoms with van der Waals surface area (Å²) in [6.07, 6.45) is 10.5. The van der Waals surface area contributed by atoms with Crippen molar-refractivity contribution in [2.45, 2.75) is 155 Å². The van der Waals surface area contributed by atoms with Crippen LogP contribution >= 0.6 is 11.6 Å². The van der Waals surface area contributed by atoms with Gasteiger partial charge in [0.05, 0.1) is 64.1 Å². The van der Waals surface area contributed by atoms with Crippen LogP contribution in [0.1, 0.15) is 134 Å².